The molecule has 0 amide bonds. The SMILES string of the molecule is N.N.N.N.N.N.[I-].[Ni+2]. The van der Waals surface area contributed by atoms with Crippen molar-refractivity contribution in [3.63, 3.8) is 0 Å². The van der Waals surface area contributed by atoms with Crippen molar-refractivity contribution in [1.82, 2.24) is 36.9 Å². The van der Waals surface area contributed by atoms with Gasteiger partial charge < -0.3 is 60.9 Å². The molecule has 0 heterocycles. The Morgan fingerprint density at radius 2 is 0.375 bits per heavy atom. The van der Waals surface area contributed by atoms with Gasteiger partial charge in [0.2, 0.25) is 0 Å². The second-order valence-electron chi connectivity index (χ2n) is 0. The Morgan fingerprint density at radius 3 is 0.375 bits per heavy atom. The predicted molar refractivity (Wildman–Crippen MR) is 30.1 cm³/mol. The second-order valence-corrected chi connectivity index (χ2v) is 0. The van der Waals surface area contributed by atoms with Crippen LogP contribution in [0.5, 0.6) is 0 Å². The normalized spacial score (nSPS) is 0. The maximum absolute atomic E-state index is 0. The van der Waals surface area contributed by atoms with E-state index in [1.165, 1.54) is 0 Å². The molecule has 18 N–H and O–H groups in total. The first-order valence-electron chi connectivity index (χ1n) is 0. The average Bonchev–Trinajstić information content (AvgIpc) is 0. The van der Waals surface area contributed by atoms with Gasteiger partial charge >= 0.3 is 16.5 Å². The molecule has 0 aliphatic carbocycles. The minimum atomic E-state index is 0. The summed E-state index contributed by atoms with van der Waals surface area (Å²) in [6, 6.07) is 0. The molecule has 6 nitrogen and oxygen atoms in total. The van der Waals surface area contributed by atoms with Crippen LogP contribution in [0, 0.1) is 0 Å². The van der Waals surface area contributed by atoms with Crippen LogP contribution in [0.1, 0.15) is 0 Å². The van der Waals surface area contributed by atoms with Gasteiger partial charge in [-0.3, -0.25) is 0 Å². The predicted octanol–water partition coefficient (Wildman–Crippen LogP) is -2.03. The van der Waals surface area contributed by atoms with E-state index in [0.29, 0.717) is 0 Å². The molecular formula is H18IN6Ni+. The first kappa shape index (κ1) is 592. The van der Waals surface area contributed by atoms with E-state index in [1.54, 1.807) is 0 Å². The molecule has 0 fully saturated rings. The molecule has 0 saturated heterocycles. The fourth-order valence-electron chi connectivity index (χ4n) is 0. The molecule has 0 aromatic rings. The maximum atomic E-state index is 0. The molecule has 64 valence electrons. The summed E-state index contributed by atoms with van der Waals surface area (Å²) in [4.78, 5) is 0. The summed E-state index contributed by atoms with van der Waals surface area (Å²) in [5, 5.41) is 0. The van der Waals surface area contributed by atoms with Crippen molar-refractivity contribution in [3.05, 3.63) is 0 Å². The molecule has 0 bridgehead atoms. The minimum absolute atomic E-state index is 0. The Balaban J connectivity index is 0. The van der Waals surface area contributed by atoms with Crippen LogP contribution in [0.15, 0.2) is 0 Å². The minimum Gasteiger partial charge on any atom is -1.00 e. The van der Waals surface area contributed by atoms with Crippen molar-refractivity contribution in [2.24, 2.45) is 0 Å². The number of hydrogen-bond acceptors (Lipinski definition) is 6. The van der Waals surface area contributed by atoms with Gasteiger partial charge in [-0.2, -0.15) is 0 Å². The Bertz CT molecular complexity index is 8.49. The molecule has 0 atom stereocenters. The number of halogens is 1. The van der Waals surface area contributed by atoms with Crippen LogP contribution in [0.3, 0.4) is 0 Å². The third-order valence-electron chi connectivity index (χ3n) is 0. The molecule has 8 heavy (non-hydrogen) atoms. The standard InChI is InChI=1S/HI.6H3N.Ni/h1H;6*1H3;/q;;;;;;;+2/p-1. The van der Waals surface area contributed by atoms with Gasteiger partial charge in [-0.05, 0) is 0 Å². The summed E-state index contributed by atoms with van der Waals surface area (Å²) in [6.07, 6.45) is 0. The molecule has 0 aromatic heterocycles. The van der Waals surface area contributed by atoms with Crippen molar-refractivity contribution in [2.75, 3.05) is 0 Å². The fraction of sp³-hybridized carbons (Fsp3) is 0. The quantitative estimate of drug-likeness (QED) is 0.218. The summed E-state index contributed by atoms with van der Waals surface area (Å²) in [5.74, 6) is 0. The van der Waals surface area contributed by atoms with E-state index in [4.69, 9.17) is 0 Å². The maximum Gasteiger partial charge on any atom is 2.00 e. The molecule has 0 aliphatic rings. The molecule has 0 unspecified atom stereocenters. The van der Waals surface area contributed by atoms with Gasteiger partial charge in [0.15, 0.2) is 0 Å². The van der Waals surface area contributed by atoms with Gasteiger partial charge in [0.05, 0.1) is 0 Å². The van der Waals surface area contributed by atoms with Crippen LogP contribution in [0.2, 0.25) is 0 Å². The third-order valence-corrected chi connectivity index (χ3v) is 0. The topological polar surface area (TPSA) is 210 Å². The molecule has 0 rings (SSSR count). The first-order valence-corrected chi connectivity index (χ1v) is 0. The van der Waals surface area contributed by atoms with Crippen molar-refractivity contribution in [3.8, 4) is 0 Å². The van der Waals surface area contributed by atoms with Gasteiger partial charge in [-0.25, -0.2) is 0 Å². The number of hydrogen-bond donors (Lipinski definition) is 6. The monoisotopic (exact) mass is 287 g/mol. The smallest absolute Gasteiger partial charge is 1.00 e. The summed E-state index contributed by atoms with van der Waals surface area (Å²) < 4.78 is 0. The number of rotatable bonds is 0. The van der Waals surface area contributed by atoms with Gasteiger partial charge in [0, 0.05) is 0 Å². The molecule has 0 spiro atoms. The molecule has 0 aromatic carbocycles. The van der Waals surface area contributed by atoms with E-state index in [9.17, 15) is 0 Å². The third kappa shape index (κ3) is 258. The molecular weight excluding hydrogens is 270 g/mol. The summed E-state index contributed by atoms with van der Waals surface area (Å²) >= 11 is 0. The molecule has 0 radical (unpaired) electrons. The van der Waals surface area contributed by atoms with E-state index in [1.807, 2.05) is 0 Å². The van der Waals surface area contributed by atoms with Crippen molar-refractivity contribution in [1.29, 1.82) is 0 Å². The van der Waals surface area contributed by atoms with Crippen molar-refractivity contribution < 1.29 is 40.5 Å². The van der Waals surface area contributed by atoms with Crippen LogP contribution < -0.4 is 60.9 Å². The van der Waals surface area contributed by atoms with Gasteiger partial charge in [-0.1, -0.05) is 0 Å². The fourth-order valence-corrected chi connectivity index (χ4v) is 0. The van der Waals surface area contributed by atoms with Gasteiger partial charge in [-0.15, -0.1) is 0 Å². The second kappa shape index (κ2) is 403. The first-order chi connectivity index (χ1) is 0. The van der Waals surface area contributed by atoms with Gasteiger partial charge in [0.1, 0.15) is 0 Å². The molecule has 0 saturated carbocycles. The zero-order valence-electron chi connectivity index (χ0n) is 4.94. The summed E-state index contributed by atoms with van der Waals surface area (Å²) in [6.45, 7) is 0. The molecule has 8 heteroatoms. The van der Waals surface area contributed by atoms with Crippen LogP contribution in [0.4, 0.5) is 0 Å². The van der Waals surface area contributed by atoms with Crippen LogP contribution >= 0.6 is 0 Å². The largest absolute Gasteiger partial charge is 2.00 e. The Labute approximate surface area is 77.4 Å². The Kier molecular flexibility index (Phi) is 29800. The zero-order valence-corrected chi connectivity index (χ0v) is 8.08. The van der Waals surface area contributed by atoms with Gasteiger partial charge in [0.25, 0.3) is 0 Å². The van der Waals surface area contributed by atoms with E-state index in [2.05, 4.69) is 0 Å². The summed E-state index contributed by atoms with van der Waals surface area (Å²) in [7, 11) is 0. The zero-order chi connectivity index (χ0) is 0. The van der Waals surface area contributed by atoms with E-state index in [0.717, 1.165) is 0 Å². The van der Waals surface area contributed by atoms with E-state index >= 15 is 0 Å². The molecule has 0 aliphatic heterocycles. The van der Waals surface area contributed by atoms with Crippen LogP contribution in [-0.4, -0.2) is 0 Å². The Morgan fingerprint density at radius 1 is 0.375 bits per heavy atom. The summed E-state index contributed by atoms with van der Waals surface area (Å²) in [5.41, 5.74) is 0. The van der Waals surface area contributed by atoms with Crippen molar-refractivity contribution in [2.45, 2.75) is 0 Å². The van der Waals surface area contributed by atoms with E-state index in [-0.39, 0.29) is 77.4 Å². The average molecular weight is 288 g/mol. The Hall–Kier alpha value is 0.984. The van der Waals surface area contributed by atoms with Crippen LogP contribution in [0.25, 0.3) is 0 Å². The van der Waals surface area contributed by atoms with E-state index < -0.39 is 0 Å². The van der Waals surface area contributed by atoms with Crippen molar-refractivity contribution >= 4 is 0 Å². The van der Waals surface area contributed by atoms with Crippen LogP contribution in [-0.2, 0) is 16.5 Å².